The van der Waals surface area contributed by atoms with Crippen LogP contribution >= 0.6 is 12.4 Å². The highest BCUT2D eigenvalue weighted by atomic mass is 35.5. The van der Waals surface area contributed by atoms with Crippen molar-refractivity contribution in [1.29, 1.82) is 0 Å². The van der Waals surface area contributed by atoms with E-state index in [0.717, 1.165) is 31.2 Å². The molecule has 4 heteroatoms. The van der Waals surface area contributed by atoms with Crippen LogP contribution in [-0.4, -0.2) is 16.9 Å². The summed E-state index contributed by atoms with van der Waals surface area (Å²) in [5.41, 5.74) is 3.13. The summed E-state index contributed by atoms with van der Waals surface area (Å²) < 4.78 is 0. The third-order valence-corrected chi connectivity index (χ3v) is 2.23. The second kappa shape index (κ2) is 8.53. The zero-order valence-corrected chi connectivity index (χ0v) is 9.46. The average Bonchev–Trinajstić information content (AvgIpc) is 2.20. The summed E-state index contributed by atoms with van der Waals surface area (Å²) in [7, 11) is 0. The van der Waals surface area contributed by atoms with Crippen LogP contribution in [0.1, 0.15) is 24.8 Å². The number of benzene rings is 1. The van der Waals surface area contributed by atoms with E-state index in [4.69, 9.17) is 5.21 Å². The molecule has 0 fully saturated rings. The molecule has 1 aromatic rings. The second-order valence-electron chi connectivity index (χ2n) is 3.35. The van der Waals surface area contributed by atoms with E-state index in [2.05, 4.69) is 5.48 Å². The Balaban J connectivity index is 0.00000196. The minimum absolute atomic E-state index is 0. The van der Waals surface area contributed by atoms with Crippen molar-refractivity contribution in [2.45, 2.75) is 25.7 Å². The smallest absolute Gasteiger partial charge is 0.118 e. The minimum atomic E-state index is 0. The molecule has 0 unspecified atom stereocenters. The van der Waals surface area contributed by atoms with Crippen LogP contribution in [0.15, 0.2) is 24.3 Å². The fourth-order valence-electron chi connectivity index (χ4n) is 1.42. The predicted molar refractivity (Wildman–Crippen MR) is 62.7 cm³/mol. The van der Waals surface area contributed by atoms with E-state index in [1.807, 2.05) is 18.2 Å². The number of hydroxylamine groups is 1. The molecule has 0 bridgehead atoms. The van der Waals surface area contributed by atoms with E-state index < -0.39 is 0 Å². The Labute approximate surface area is 96.5 Å². The maximum Gasteiger partial charge on any atom is 0.118 e. The topological polar surface area (TPSA) is 52.5 Å². The van der Waals surface area contributed by atoms with E-state index in [-0.39, 0.29) is 12.4 Å². The van der Waals surface area contributed by atoms with Gasteiger partial charge >= 0.3 is 0 Å². The number of phenols is 1. The lowest BCUT2D eigenvalue weighted by Gasteiger charge is -2.03. The quantitative estimate of drug-likeness (QED) is 0.521. The molecular formula is C11H18ClNO2. The first-order valence-corrected chi connectivity index (χ1v) is 4.98. The normalized spacial score (nSPS) is 9.67. The second-order valence-corrected chi connectivity index (χ2v) is 3.35. The Bertz CT molecular complexity index is 269. The number of hydrogen-bond donors (Lipinski definition) is 3. The summed E-state index contributed by atoms with van der Waals surface area (Å²) >= 11 is 0. The van der Waals surface area contributed by atoms with Crippen molar-refractivity contribution in [3.8, 4) is 5.75 Å². The summed E-state index contributed by atoms with van der Waals surface area (Å²) in [5.74, 6) is 0.382. The van der Waals surface area contributed by atoms with Gasteiger partial charge in [-0.1, -0.05) is 24.6 Å². The van der Waals surface area contributed by atoms with Crippen LogP contribution in [0.25, 0.3) is 0 Å². The number of aromatic hydroxyl groups is 1. The van der Waals surface area contributed by atoms with Crippen LogP contribution in [0.5, 0.6) is 5.75 Å². The molecule has 0 heterocycles. The van der Waals surface area contributed by atoms with Gasteiger partial charge in [-0.2, -0.15) is 0 Å². The number of rotatable bonds is 6. The Hall–Kier alpha value is -0.770. The summed E-state index contributed by atoms with van der Waals surface area (Å²) in [6.45, 7) is 0.640. The lowest BCUT2D eigenvalue weighted by atomic mass is 10.1. The van der Waals surface area contributed by atoms with Gasteiger partial charge in [0, 0.05) is 6.54 Å². The molecule has 0 radical (unpaired) electrons. The van der Waals surface area contributed by atoms with Gasteiger partial charge in [-0.3, -0.25) is 0 Å². The van der Waals surface area contributed by atoms with Gasteiger partial charge in [0.05, 0.1) is 0 Å². The molecule has 0 spiro atoms. The molecule has 0 saturated heterocycles. The largest absolute Gasteiger partial charge is 0.508 e. The summed E-state index contributed by atoms with van der Waals surface area (Å²) in [6.07, 6.45) is 3.96. The van der Waals surface area contributed by atoms with Crippen molar-refractivity contribution >= 4 is 12.4 Å². The van der Waals surface area contributed by atoms with Crippen LogP contribution in [0.2, 0.25) is 0 Å². The highest BCUT2D eigenvalue weighted by molar-refractivity contribution is 5.85. The van der Waals surface area contributed by atoms with Crippen molar-refractivity contribution in [3.05, 3.63) is 29.8 Å². The molecule has 0 atom stereocenters. The lowest BCUT2D eigenvalue weighted by Crippen LogP contribution is -2.08. The number of phenolic OH excluding ortho intramolecular Hbond substituents is 1. The van der Waals surface area contributed by atoms with Crippen molar-refractivity contribution in [1.82, 2.24) is 5.48 Å². The molecule has 3 N–H and O–H groups in total. The van der Waals surface area contributed by atoms with E-state index in [1.165, 1.54) is 0 Å². The summed E-state index contributed by atoms with van der Waals surface area (Å²) in [4.78, 5) is 0. The zero-order chi connectivity index (χ0) is 10.2. The van der Waals surface area contributed by atoms with Gasteiger partial charge in [0.15, 0.2) is 0 Å². The van der Waals surface area contributed by atoms with E-state index >= 15 is 0 Å². The van der Waals surface area contributed by atoms with Crippen LogP contribution in [0.4, 0.5) is 0 Å². The summed E-state index contributed by atoms with van der Waals surface area (Å²) in [6, 6.07) is 7.42. The van der Waals surface area contributed by atoms with Gasteiger partial charge in [0.25, 0.3) is 0 Å². The molecule has 0 aliphatic heterocycles. The minimum Gasteiger partial charge on any atom is -0.508 e. The third kappa shape index (κ3) is 5.62. The Morgan fingerprint density at radius 1 is 1.07 bits per heavy atom. The molecule has 0 aromatic heterocycles. The van der Waals surface area contributed by atoms with Crippen molar-refractivity contribution in [2.75, 3.05) is 6.54 Å². The first kappa shape index (κ1) is 14.2. The molecule has 0 aliphatic rings. The highest BCUT2D eigenvalue weighted by Crippen LogP contribution is 2.17. The van der Waals surface area contributed by atoms with E-state index in [9.17, 15) is 5.11 Å². The maximum atomic E-state index is 9.46. The van der Waals surface area contributed by atoms with Gasteiger partial charge in [-0.05, 0) is 30.9 Å². The van der Waals surface area contributed by atoms with Gasteiger partial charge in [0.2, 0.25) is 0 Å². The van der Waals surface area contributed by atoms with Crippen LogP contribution in [0.3, 0.4) is 0 Å². The summed E-state index contributed by atoms with van der Waals surface area (Å²) in [5, 5.41) is 17.8. The van der Waals surface area contributed by atoms with Crippen molar-refractivity contribution in [3.63, 3.8) is 0 Å². The van der Waals surface area contributed by atoms with Gasteiger partial charge in [0.1, 0.15) is 5.75 Å². The number of unbranched alkanes of at least 4 members (excludes halogenated alkanes) is 2. The molecule has 15 heavy (non-hydrogen) atoms. The van der Waals surface area contributed by atoms with Gasteiger partial charge < -0.3 is 10.3 Å². The maximum absolute atomic E-state index is 9.46. The first-order valence-electron chi connectivity index (χ1n) is 4.98. The number of para-hydroxylation sites is 1. The molecule has 1 aromatic carbocycles. The van der Waals surface area contributed by atoms with Crippen molar-refractivity contribution in [2.24, 2.45) is 0 Å². The standard InChI is InChI=1S/C11H17NO2.ClH/c13-11-8-4-3-7-10(11)6-2-1-5-9-12-14;/h3-4,7-8,12-14H,1-2,5-6,9H2;1H. The highest BCUT2D eigenvalue weighted by Gasteiger charge is 1.98. The van der Waals surface area contributed by atoms with Crippen LogP contribution in [0, 0.1) is 0 Å². The SMILES string of the molecule is Cl.ONCCCCCc1ccccc1O. The zero-order valence-electron chi connectivity index (χ0n) is 8.65. The fourth-order valence-corrected chi connectivity index (χ4v) is 1.42. The van der Waals surface area contributed by atoms with E-state index in [1.54, 1.807) is 6.07 Å². The monoisotopic (exact) mass is 231 g/mol. The Morgan fingerprint density at radius 2 is 1.80 bits per heavy atom. The Morgan fingerprint density at radius 3 is 2.47 bits per heavy atom. The first-order chi connectivity index (χ1) is 6.84. The van der Waals surface area contributed by atoms with Crippen LogP contribution in [-0.2, 0) is 6.42 Å². The van der Waals surface area contributed by atoms with E-state index in [0.29, 0.717) is 12.3 Å². The molecular weight excluding hydrogens is 214 g/mol. The van der Waals surface area contributed by atoms with Gasteiger partial charge in [-0.15, -0.1) is 12.4 Å². The molecule has 86 valence electrons. The Kier molecular flexibility index (Phi) is 8.09. The molecule has 0 aliphatic carbocycles. The predicted octanol–water partition coefficient (Wildman–Crippen LogP) is 2.51. The number of hydrogen-bond acceptors (Lipinski definition) is 3. The number of halogens is 1. The molecule has 0 amide bonds. The van der Waals surface area contributed by atoms with Crippen molar-refractivity contribution < 1.29 is 10.3 Å². The third-order valence-electron chi connectivity index (χ3n) is 2.23. The molecule has 1 rings (SSSR count). The van der Waals surface area contributed by atoms with Gasteiger partial charge in [-0.25, -0.2) is 5.48 Å². The van der Waals surface area contributed by atoms with Crippen LogP contribution < -0.4 is 5.48 Å². The number of aryl methyl sites for hydroxylation is 1. The molecule has 3 nitrogen and oxygen atoms in total. The number of nitrogens with one attached hydrogen (secondary N) is 1. The lowest BCUT2D eigenvalue weighted by molar-refractivity contribution is 0.164. The molecule has 0 saturated carbocycles. The fraction of sp³-hybridized carbons (Fsp3) is 0.455. The average molecular weight is 232 g/mol.